The molecule has 0 aliphatic carbocycles. The molecule has 0 amide bonds. The van der Waals surface area contributed by atoms with Gasteiger partial charge in [-0.3, -0.25) is 0 Å². The summed E-state index contributed by atoms with van der Waals surface area (Å²) in [7, 11) is 2.52. The molecule has 0 bridgehead atoms. The summed E-state index contributed by atoms with van der Waals surface area (Å²) >= 11 is 0. The smallest absolute Gasteiger partial charge is 0.126 e. The zero-order chi connectivity index (χ0) is 34.6. The number of methoxy groups -OCH3 is 2. The van der Waals surface area contributed by atoms with Crippen LogP contribution in [0.25, 0.3) is 0 Å². The third-order valence-corrected chi connectivity index (χ3v) is 15.6. The minimum atomic E-state index is -0.904. The van der Waals surface area contributed by atoms with Crippen molar-refractivity contribution in [3.05, 3.63) is 70.8 Å². The summed E-state index contributed by atoms with van der Waals surface area (Å²) in [5, 5.41) is 5.96. The normalized spacial score (nSPS) is 18.4. The Kier molecular flexibility index (Phi) is 10.6. The molecule has 0 N–H and O–H groups in total. The standard InChI is InChI=1S/C42H62O2P2/c1-27-21-22-28(2)45(27)35-19-17-18-20-36(35)46(29-23-31(39(3,4)5)37(43-15)32(24-29)40(6,7)8)30-25-33(41(9,10)11)38(44-16)34(26-30)42(12,13)14/h17-20,23-28H,21-22H2,1-16H3/t27-,28-/m0/s1. The number of hydrogen-bond donors (Lipinski definition) is 0. The highest BCUT2D eigenvalue weighted by Crippen LogP contribution is 2.55. The maximum absolute atomic E-state index is 6.26. The number of benzene rings is 3. The molecule has 0 unspecified atom stereocenters. The molecule has 1 aliphatic rings. The molecule has 2 atom stereocenters. The highest BCUT2D eigenvalue weighted by molar-refractivity contribution is 7.82. The topological polar surface area (TPSA) is 18.5 Å². The van der Waals surface area contributed by atoms with E-state index < -0.39 is 7.92 Å². The van der Waals surface area contributed by atoms with Crippen LogP contribution < -0.4 is 30.7 Å². The van der Waals surface area contributed by atoms with E-state index in [2.05, 4.69) is 145 Å². The molecule has 0 radical (unpaired) electrons. The van der Waals surface area contributed by atoms with Crippen molar-refractivity contribution in [2.75, 3.05) is 14.2 Å². The van der Waals surface area contributed by atoms with Crippen molar-refractivity contribution in [2.24, 2.45) is 0 Å². The number of rotatable bonds is 6. The summed E-state index contributed by atoms with van der Waals surface area (Å²) in [6.07, 6.45) is 2.66. The first-order valence-electron chi connectivity index (χ1n) is 17.2. The minimum absolute atomic E-state index is 0.0759. The van der Waals surface area contributed by atoms with Crippen LogP contribution in [0.5, 0.6) is 11.5 Å². The molecule has 252 valence electrons. The van der Waals surface area contributed by atoms with Crippen LogP contribution >= 0.6 is 15.8 Å². The van der Waals surface area contributed by atoms with E-state index >= 15 is 0 Å². The Balaban J connectivity index is 2.22. The lowest BCUT2D eigenvalue weighted by Crippen LogP contribution is -2.34. The maximum Gasteiger partial charge on any atom is 0.126 e. The molecule has 0 aromatic heterocycles. The number of ether oxygens (including phenoxy) is 2. The predicted octanol–water partition coefficient (Wildman–Crippen LogP) is 10.3. The van der Waals surface area contributed by atoms with Crippen LogP contribution in [0.4, 0.5) is 0 Å². The second-order valence-electron chi connectivity index (χ2n) is 17.7. The zero-order valence-corrected chi connectivity index (χ0v) is 33.7. The van der Waals surface area contributed by atoms with Gasteiger partial charge in [0.25, 0.3) is 0 Å². The van der Waals surface area contributed by atoms with Gasteiger partial charge in [0.05, 0.1) is 14.2 Å². The van der Waals surface area contributed by atoms with Gasteiger partial charge in [-0.15, -0.1) is 0 Å². The van der Waals surface area contributed by atoms with Crippen LogP contribution in [0.2, 0.25) is 0 Å². The summed E-state index contributed by atoms with van der Waals surface area (Å²) in [5.74, 6) is 2.07. The molecule has 3 aromatic rings. The predicted molar refractivity (Wildman–Crippen MR) is 208 cm³/mol. The van der Waals surface area contributed by atoms with Gasteiger partial charge in [-0.05, 0) is 99.2 Å². The molecule has 0 saturated carbocycles. The van der Waals surface area contributed by atoms with E-state index in [1.165, 1.54) is 51.0 Å². The molecule has 2 nitrogen and oxygen atoms in total. The Morgan fingerprint density at radius 2 is 0.891 bits per heavy atom. The lowest BCUT2D eigenvalue weighted by molar-refractivity contribution is 0.381. The Bertz CT molecular complexity index is 1380. The van der Waals surface area contributed by atoms with Gasteiger partial charge in [0, 0.05) is 22.3 Å². The largest absolute Gasteiger partial charge is 0.496 e. The Morgan fingerprint density at radius 1 is 0.565 bits per heavy atom. The second-order valence-corrected chi connectivity index (χ2v) is 22.9. The highest BCUT2D eigenvalue weighted by atomic mass is 31.1. The van der Waals surface area contributed by atoms with Crippen LogP contribution in [0.1, 0.15) is 132 Å². The molecule has 3 aromatic carbocycles. The van der Waals surface area contributed by atoms with E-state index in [1.54, 1.807) is 5.30 Å². The molecule has 0 spiro atoms. The van der Waals surface area contributed by atoms with Crippen molar-refractivity contribution in [3.63, 3.8) is 0 Å². The third kappa shape index (κ3) is 7.40. The van der Waals surface area contributed by atoms with E-state index in [0.29, 0.717) is 0 Å². The first kappa shape index (κ1) is 36.9. The average Bonchev–Trinajstić information content (AvgIpc) is 3.27. The van der Waals surface area contributed by atoms with Crippen molar-refractivity contribution < 1.29 is 9.47 Å². The van der Waals surface area contributed by atoms with Crippen LogP contribution in [-0.4, -0.2) is 25.5 Å². The van der Waals surface area contributed by atoms with Gasteiger partial charge in [0.15, 0.2) is 0 Å². The molecule has 1 aliphatic heterocycles. The van der Waals surface area contributed by atoms with E-state index in [1.807, 2.05) is 14.2 Å². The van der Waals surface area contributed by atoms with Gasteiger partial charge < -0.3 is 9.47 Å². The Labute approximate surface area is 285 Å². The SMILES string of the molecule is COc1c(C(C)(C)C)cc(P(c2cc(C(C)(C)C)c(OC)c(C(C)(C)C)c2)c2ccccc2P2[C@@H](C)CC[C@@H]2C)cc1C(C)(C)C. The van der Waals surface area contributed by atoms with Crippen molar-refractivity contribution >= 4 is 37.1 Å². The average molecular weight is 661 g/mol. The molecule has 1 saturated heterocycles. The van der Waals surface area contributed by atoms with Crippen LogP contribution in [0.3, 0.4) is 0 Å². The van der Waals surface area contributed by atoms with Crippen molar-refractivity contribution in [3.8, 4) is 11.5 Å². The van der Waals surface area contributed by atoms with Gasteiger partial charge in [-0.2, -0.15) is 0 Å². The number of hydrogen-bond acceptors (Lipinski definition) is 2. The summed E-state index contributed by atoms with van der Waals surface area (Å²) in [4.78, 5) is 0. The fourth-order valence-corrected chi connectivity index (χ4v) is 13.5. The van der Waals surface area contributed by atoms with Crippen molar-refractivity contribution in [1.82, 2.24) is 0 Å². The summed E-state index contributed by atoms with van der Waals surface area (Å²) in [6.45, 7) is 32.9. The maximum atomic E-state index is 6.26. The molecular formula is C42H62O2P2. The van der Waals surface area contributed by atoms with Gasteiger partial charge in [-0.25, -0.2) is 0 Å². The molecule has 46 heavy (non-hydrogen) atoms. The van der Waals surface area contributed by atoms with Gasteiger partial charge in [-0.1, -0.05) is 129 Å². The van der Waals surface area contributed by atoms with Gasteiger partial charge >= 0.3 is 0 Å². The van der Waals surface area contributed by atoms with Crippen molar-refractivity contribution in [1.29, 1.82) is 0 Å². The lowest BCUT2D eigenvalue weighted by Gasteiger charge is -2.35. The summed E-state index contributed by atoms with van der Waals surface area (Å²) in [5.41, 5.74) is 6.32. The highest BCUT2D eigenvalue weighted by Gasteiger charge is 2.37. The molecule has 4 heteroatoms. The summed E-state index contributed by atoms with van der Waals surface area (Å²) < 4.78 is 12.5. The van der Waals surface area contributed by atoms with Crippen molar-refractivity contribution in [2.45, 2.75) is 143 Å². The Hall–Kier alpha value is -1.88. The van der Waals surface area contributed by atoms with Gasteiger partial charge in [0.1, 0.15) is 11.5 Å². The zero-order valence-electron chi connectivity index (χ0n) is 31.9. The fraction of sp³-hybridized carbons (Fsp3) is 0.571. The van der Waals surface area contributed by atoms with E-state index in [-0.39, 0.29) is 29.6 Å². The molecule has 1 heterocycles. The van der Waals surface area contributed by atoms with Crippen LogP contribution in [-0.2, 0) is 21.7 Å². The second kappa shape index (κ2) is 13.2. The third-order valence-electron chi connectivity index (χ3n) is 9.66. The van der Waals surface area contributed by atoms with E-state index in [4.69, 9.17) is 9.47 Å². The van der Waals surface area contributed by atoms with E-state index in [9.17, 15) is 0 Å². The summed E-state index contributed by atoms with van der Waals surface area (Å²) in [6, 6.07) is 19.5. The van der Waals surface area contributed by atoms with E-state index in [0.717, 1.165) is 22.8 Å². The lowest BCUT2D eigenvalue weighted by atomic mass is 9.79. The molecular weight excluding hydrogens is 598 g/mol. The fourth-order valence-electron chi connectivity index (χ4n) is 7.12. The van der Waals surface area contributed by atoms with Gasteiger partial charge in [0.2, 0.25) is 0 Å². The quantitative estimate of drug-likeness (QED) is 0.245. The van der Waals surface area contributed by atoms with Crippen LogP contribution in [0, 0.1) is 0 Å². The molecule has 1 fully saturated rings. The Morgan fingerprint density at radius 3 is 1.20 bits per heavy atom. The minimum Gasteiger partial charge on any atom is -0.496 e. The van der Waals surface area contributed by atoms with Crippen LogP contribution in [0.15, 0.2) is 48.5 Å². The molecule has 4 rings (SSSR count). The monoisotopic (exact) mass is 660 g/mol. The first-order valence-corrected chi connectivity index (χ1v) is 20.1. The first-order chi connectivity index (χ1) is 21.1.